The van der Waals surface area contributed by atoms with Crippen LogP contribution in [0.25, 0.3) is 0 Å². The third kappa shape index (κ3) is 17.0. The number of fused-ring (bicyclic) bond motifs is 1. The highest BCUT2D eigenvalue weighted by Crippen LogP contribution is 2.43. The van der Waals surface area contributed by atoms with Gasteiger partial charge in [0.25, 0.3) is 11.8 Å². The van der Waals surface area contributed by atoms with Crippen LogP contribution in [0.4, 0.5) is 9.93 Å². The largest absolute Gasteiger partial charge is 0.497 e. The van der Waals surface area contributed by atoms with Crippen LogP contribution in [-0.2, 0) is 58.0 Å². The number of ether oxygens (including phenoxy) is 8. The fraction of sp³-hybridized carbons (Fsp3) is 0.429. The summed E-state index contributed by atoms with van der Waals surface area (Å²) in [5, 5.41) is 10.5. The van der Waals surface area contributed by atoms with Gasteiger partial charge in [-0.15, -0.1) is 23.1 Å². The van der Waals surface area contributed by atoms with Crippen molar-refractivity contribution in [1.82, 2.24) is 15.2 Å². The van der Waals surface area contributed by atoms with E-state index in [1.54, 1.807) is 99.3 Å². The summed E-state index contributed by atoms with van der Waals surface area (Å²) >= 11 is 9.54. The van der Waals surface area contributed by atoms with Gasteiger partial charge in [-0.05, 0) is 121 Å². The standard InChI is InChI=1S/C63H75ClN8O14S2/c1-61(2,3)84-58(76)63(7,8)86-70-49(46-37-88-59(67-46)69-60(77)85-62(4,5)6)54(73)68-50-55(74)71-51(57(75)83-35-40-18-24-44(80-11)25-19-40)41(36-87-56(50)71)32-72(29-12-13-30-72)31-28-66-53(65)45-26-27-47(81-33-38-14-20-42(78-9)21-15-38)52(48(45)64)82-34-39-16-22-43(79-10)23-17-39/h14-27,37,50,56H,12-13,28-36H2,1-11H3,(H3-,65,66,67,68,69,73,77)/p+1/b70-49-/t50-,56-/m1/s1. The molecule has 3 amide bonds. The number of anilines is 1. The minimum Gasteiger partial charge on any atom is -0.497 e. The van der Waals surface area contributed by atoms with E-state index in [0.29, 0.717) is 63.0 Å². The number of nitrogens with two attached hydrogens (primary N) is 1. The first kappa shape index (κ1) is 65.9. The van der Waals surface area contributed by atoms with Crippen LogP contribution in [-0.4, -0.2) is 144 Å². The number of hydrogen-bond acceptors (Lipinski definition) is 19. The molecule has 25 heteroatoms. The molecule has 0 spiro atoms. The van der Waals surface area contributed by atoms with E-state index in [4.69, 9.17) is 65.1 Å². The van der Waals surface area contributed by atoms with Crippen LogP contribution >= 0.6 is 34.7 Å². The first-order valence-corrected chi connectivity index (χ1v) is 30.8. The Labute approximate surface area is 525 Å². The molecule has 1 aromatic heterocycles. The molecule has 3 aliphatic rings. The van der Waals surface area contributed by atoms with Crippen LogP contribution in [0.3, 0.4) is 0 Å². The van der Waals surface area contributed by atoms with E-state index in [1.807, 2.05) is 48.5 Å². The summed E-state index contributed by atoms with van der Waals surface area (Å²) < 4.78 is 46.2. The van der Waals surface area contributed by atoms with Crippen molar-refractivity contribution >= 4 is 81.2 Å². The van der Waals surface area contributed by atoms with Crippen molar-refractivity contribution in [2.24, 2.45) is 15.9 Å². The van der Waals surface area contributed by atoms with Crippen molar-refractivity contribution in [3.8, 4) is 28.7 Å². The second-order valence-electron chi connectivity index (χ2n) is 23.6. The van der Waals surface area contributed by atoms with Gasteiger partial charge in [0, 0.05) is 35.1 Å². The number of thiazole rings is 1. The summed E-state index contributed by atoms with van der Waals surface area (Å²) in [7, 11) is 4.77. The molecular weight excluding hydrogens is 1190 g/mol. The average molecular weight is 1270 g/mol. The smallest absolute Gasteiger partial charge is 0.413 e. The number of halogens is 1. The minimum absolute atomic E-state index is 0.0454. The van der Waals surface area contributed by atoms with Crippen molar-refractivity contribution in [3.63, 3.8) is 0 Å². The van der Waals surface area contributed by atoms with Gasteiger partial charge in [-0.2, -0.15) is 0 Å². The number of carbonyl (C=O) groups excluding carboxylic acids is 5. The molecule has 0 aliphatic carbocycles. The Morgan fingerprint density at radius 2 is 1.34 bits per heavy atom. The predicted molar refractivity (Wildman–Crippen MR) is 335 cm³/mol. The van der Waals surface area contributed by atoms with Crippen LogP contribution in [0.2, 0.25) is 5.02 Å². The molecule has 0 radical (unpaired) electrons. The van der Waals surface area contributed by atoms with Crippen molar-refractivity contribution < 1.29 is 71.2 Å². The van der Waals surface area contributed by atoms with Gasteiger partial charge in [-0.1, -0.05) is 53.2 Å². The van der Waals surface area contributed by atoms with E-state index in [1.165, 1.54) is 35.9 Å². The number of carbonyl (C=O) groups is 5. The lowest BCUT2D eigenvalue weighted by Crippen LogP contribution is -2.71. The second kappa shape index (κ2) is 28.4. The Hall–Kier alpha value is -8.06. The average Bonchev–Trinajstić information content (AvgIpc) is 0.831. The molecule has 8 rings (SSSR count). The number of β-lactam (4-membered cyclic amide) rings is 1. The van der Waals surface area contributed by atoms with Crippen molar-refractivity contribution in [1.29, 1.82) is 0 Å². The zero-order valence-corrected chi connectivity index (χ0v) is 53.7. The SMILES string of the molecule is COc1ccc(COC(=O)C2=C(C[N+]3(CCN=C(N)c4ccc(OCc5ccc(OC)cc5)c(OCc5ccc(OC)cc5)c4Cl)CCCC3)CS[C@@H]3[C@H](NC(=O)/C(=N\OC(C)(C)C(=O)OC(C)(C)C)c4csc(NC(=O)OC(C)(C)C)n4)C(=O)N23)cc1. The molecule has 4 aromatic carbocycles. The molecule has 5 aromatic rings. The Morgan fingerprint density at radius 1 is 0.773 bits per heavy atom. The number of hydrogen-bond donors (Lipinski definition) is 3. The Bertz CT molecular complexity index is 3430. The summed E-state index contributed by atoms with van der Waals surface area (Å²) in [5.74, 6) is 0.318. The van der Waals surface area contributed by atoms with E-state index in [2.05, 4.69) is 20.8 Å². The van der Waals surface area contributed by atoms with Crippen molar-refractivity contribution in [2.75, 3.05) is 65.1 Å². The van der Waals surface area contributed by atoms with Crippen LogP contribution in [0.15, 0.2) is 112 Å². The van der Waals surface area contributed by atoms with Crippen LogP contribution in [0, 0.1) is 0 Å². The lowest BCUT2D eigenvalue weighted by Gasteiger charge is -2.50. The van der Waals surface area contributed by atoms with Gasteiger partial charge in [0.05, 0.1) is 52.5 Å². The molecule has 470 valence electrons. The highest BCUT2D eigenvalue weighted by Gasteiger charge is 2.56. The number of amidine groups is 1. The zero-order chi connectivity index (χ0) is 63.6. The molecule has 2 saturated heterocycles. The van der Waals surface area contributed by atoms with Crippen molar-refractivity contribution in [3.05, 3.63) is 135 Å². The van der Waals surface area contributed by atoms with Crippen LogP contribution in [0.5, 0.6) is 28.7 Å². The summed E-state index contributed by atoms with van der Waals surface area (Å²) in [5.41, 5.74) is 6.67. The maximum atomic E-state index is 14.7. The van der Waals surface area contributed by atoms with Gasteiger partial charge in [0.2, 0.25) is 5.60 Å². The molecule has 4 N–H and O–H groups in total. The van der Waals surface area contributed by atoms with Gasteiger partial charge in [0.15, 0.2) is 22.3 Å². The Kier molecular flexibility index (Phi) is 21.3. The number of oxime groups is 1. The number of rotatable bonds is 25. The number of amides is 3. The number of benzene rings is 4. The van der Waals surface area contributed by atoms with Crippen LogP contribution in [0.1, 0.15) is 96.2 Å². The van der Waals surface area contributed by atoms with E-state index < -0.39 is 63.8 Å². The maximum Gasteiger partial charge on any atom is 0.413 e. The molecular formula is C63H76ClN8O14S2+. The van der Waals surface area contributed by atoms with E-state index in [0.717, 1.165) is 54.1 Å². The highest BCUT2D eigenvalue weighted by atomic mass is 35.5. The van der Waals surface area contributed by atoms with Gasteiger partial charge >= 0.3 is 18.0 Å². The van der Waals surface area contributed by atoms with Crippen LogP contribution < -0.4 is 40.1 Å². The molecule has 4 heterocycles. The monoisotopic (exact) mass is 1270 g/mol. The molecule has 22 nitrogen and oxygen atoms in total. The number of thioether (sulfide) groups is 1. The number of likely N-dealkylation sites (tertiary alicyclic amines) is 1. The fourth-order valence-corrected chi connectivity index (χ4v) is 12.0. The number of aliphatic imine (C=N–C) groups is 1. The van der Waals surface area contributed by atoms with Gasteiger partial charge in [0.1, 0.15) is 83.5 Å². The summed E-state index contributed by atoms with van der Waals surface area (Å²) in [4.78, 5) is 86.2. The minimum atomic E-state index is -1.70. The molecule has 2 atom stereocenters. The third-order valence-electron chi connectivity index (χ3n) is 14.2. The highest BCUT2D eigenvalue weighted by molar-refractivity contribution is 8.00. The summed E-state index contributed by atoms with van der Waals surface area (Å²) in [6, 6.07) is 24.5. The number of nitrogens with zero attached hydrogens (tertiary/aromatic N) is 5. The molecule has 0 unspecified atom stereocenters. The van der Waals surface area contributed by atoms with Gasteiger partial charge in [-0.3, -0.25) is 24.8 Å². The Balaban J connectivity index is 1.04. The Morgan fingerprint density at radius 3 is 1.91 bits per heavy atom. The number of aromatic nitrogens is 1. The normalized spacial score (nSPS) is 16.8. The quantitative estimate of drug-likeness (QED) is 0.00934. The van der Waals surface area contributed by atoms with Gasteiger partial charge in [-0.25, -0.2) is 19.4 Å². The van der Waals surface area contributed by atoms with E-state index in [-0.39, 0.29) is 53.7 Å². The number of quaternary nitrogens is 1. The fourth-order valence-electron chi connectivity index (χ4n) is 9.66. The molecule has 0 saturated carbocycles. The van der Waals surface area contributed by atoms with E-state index >= 15 is 0 Å². The first-order valence-electron chi connectivity index (χ1n) is 28.5. The zero-order valence-electron chi connectivity index (χ0n) is 51.3. The molecule has 2 fully saturated rings. The number of nitrogens with one attached hydrogen (secondary N) is 2. The van der Waals surface area contributed by atoms with Crippen molar-refractivity contribution in [2.45, 2.75) is 116 Å². The second-order valence-corrected chi connectivity index (χ2v) is 26.0. The molecule has 3 aliphatic heterocycles. The number of esters is 2. The van der Waals surface area contributed by atoms with E-state index in [9.17, 15) is 24.0 Å². The van der Waals surface area contributed by atoms with Gasteiger partial charge < -0.3 is 58.3 Å². The maximum absolute atomic E-state index is 14.7. The summed E-state index contributed by atoms with van der Waals surface area (Å²) in [6.07, 6.45) is 1.04. The molecule has 88 heavy (non-hydrogen) atoms. The lowest BCUT2D eigenvalue weighted by atomic mass is 10.0. The summed E-state index contributed by atoms with van der Waals surface area (Å²) in [6.45, 7) is 16.1. The predicted octanol–water partition coefficient (Wildman–Crippen LogP) is 9.58. The topological polar surface area (TPSA) is 259 Å². The molecule has 0 bridgehead atoms. The number of methoxy groups -OCH3 is 3. The first-order chi connectivity index (χ1) is 41.8. The lowest BCUT2D eigenvalue weighted by molar-refractivity contribution is -0.910. The third-order valence-corrected chi connectivity index (χ3v) is 16.7.